The van der Waals surface area contributed by atoms with Crippen molar-refractivity contribution < 1.29 is 10.2 Å². The van der Waals surface area contributed by atoms with Gasteiger partial charge >= 0.3 is 0 Å². The molecule has 0 saturated carbocycles. The lowest BCUT2D eigenvalue weighted by molar-refractivity contribution is 0.183. The molecule has 0 amide bonds. The van der Waals surface area contributed by atoms with Crippen LogP contribution in [-0.2, 0) is 0 Å². The van der Waals surface area contributed by atoms with Crippen molar-refractivity contribution in [1.29, 1.82) is 0 Å². The van der Waals surface area contributed by atoms with Gasteiger partial charge in [-0.25, -0.2) is 0 Å². The van der Waals surface area contributed by atoms with E-state index in [2.05, 4.69) is 13.5 Å². The second-order valence-electron chi connectivity index (χ2n) is 3.56. The molecule has 0 radical (unpaired) electrons. The molecule has 0 aromatic carbocycles. The second-order valence-corrected chi connectivity index (χ2v) is 3.56. The van der Waals surface area contributed by atoms with E-state index < -0.39 is 0 Å². The summed E-state index contributed by atoms with van der Waals surface area (Å²) in [5.74, 6) is 0.490. The lowest BCUT2D eigenvalue weighted by atomic mass is 9.98. The summed E-state index contributed by atoms with van der Waals surface area (Å²) in [4.78, 5) is 0. The fourth-order valence-electron chi connectivity index (χ4n) is 1.05. The van der Waals surface area contributed by atoms with Gasteiger partial charge in [-0.1, -0.05) is 19.1 Å². The fraction of sp³-hybridized carbons (Fsp3) is 0.800. The zero-order valence-electron chi connectivity index (χ0n) is 8.08. The van der Waals surface area contributed by atoms with Gasteiger partial charge in [-0.15, -0.1) is 0 Å². The number of aliphatic hydroxyl groups is 2. The summed E-state index contributed by atoms with van der Waals surface area (Å²) in [5, 5.41) is 18.0. The van der Waals surface area contributed by atoms with Crippen molar-refractivity contribution in [2.75, 3.05) is 6.61 Å². The van der Waals surface area contributed by atoms with Crippen molar-refractivity contribution in [3.05, 3.63) is 12.2 Å². The van der Waals surface area contributed by atoms with Gasteiger partial charge in [0.15, 0.2) is 0 Å². The van der Waals surface area contributed by atoms with E-state index >= 15 is 0 Å². The molecule has 12 heavy (non-hydrogen) atoms. The third-order valence-electron chi connectivity index (χ3n) is 2.12. The van der Waals surface area contributed by atoms with Gasteiger partial charge in [0, 0.05) is 6.61 Å². The van der Waals surface area contributed by atoms with Crippen LogP contribution in [0.25, 0.3) is 0 Å². The van der Waals surface area contributed by atoms with Crippen LogP contribution in [0.1, 0.15) is 33.1 Å². The van der Waals surface area contributed by atoms with Crippen molar-refractivity contribution in [1.82, 2.24) is 0 Å². The SMILES string of the molecule is C=C(C)[C@@H](O)CC[C@@H](C)CCO. The Labute approximate surface area is 74.9 Å². The standard InChI is InChI=1S/C10H20O2/c1-8(2)10(12)5-4-9(3)6-7-11/h9-12H,1,4-7H2,2-3H3/t9-,10+/m1/s1. The zero-order chi connectivity index (χ0) is 9.56. The van der Waals surface area contributed by atoms with Gasteiger partial charge in [0.25, 0.3) is 0 Å². The van der Waals surface area contributed by atoms with Crippen LogP contribution in [0.15, 0.2) is 12.2 Å². The maximum absolute atomic E-state index is 9.38. The monoisotopic (exact) mass is 172 g/mol. The molecule has 0 unspecified atom stereocenters. The maximum Gasteiger partial charge on any atom is 0.0744 e. The van der Waals surface area contributed by atoms with E-state index in [0.29, 0.717) is 5.92 Å². The first-order chi connectivity index (χ1) is 5.57. The highest BCUT2D eigenvalue weighted by molar-refractivity contribution is 4.96. The molecule has 0 aromatic heterocycles. The van der Waals surface area contributed by atoms with E-state index in [1.807, 2.05) is 6.92 Å². The number of aliphatic hydroxyl groups excluding tert-OH is 2. The zero-order valence-corrected chi connectivity index (χ0v) is 8.08. The van der Waals surface area contributed by atoms with Crippen LogP contribution in [0, 0.1) is 5.92 Å². The molecule has 0 aliphatic heterocycles. The van der Waals surface area contributed by atoms with Crippen molar-refractivity contribution in [2.45, 2.75) is 39.2 Å². The third kappa shape index (κ3) is 5.33. The Bertz CT molecular complexity index is 132. The molecule has 2 N–H and O–H groups in total. The average molecular weight is 172 g/mol. The van der Waals surface area contributed by atoms with Gasteiger partial charge in [0.05, 0.1) is 6.10 Å². The fourth-order valence-corrected chi connectivity index (χ4v) is 1.05. The molecule has 0 spiro atoms. The minimum Gasteiger partial charge on any atom is -0.396 e. The first-order valence-corrected chi connectivity index (χ1v) is 4.52. The highest BCUT2D eigenvalue weighted by Gasteiger charge is 2.07. The molecular formula is C10H20O2. The third-order valence-corrected chi connectivity index (χ3v) is 2.12. The normalized spacial score (nSPS) is 15.7. The van der Waals surface area contributed by atoms with Gasteiger partial charge in [0.1, 0.15) is 0 Å². The van der Waals surface area contributed by atoms with E-state index in [0.717, 1.165) is 24.8 Å². The molecule has 2 heteroatoms. The Morgan fingerprint density at radius 1 is 1.33 bits per heavy atom. The molecule has 0 rings (SSSR count). The van der Waals surface area contributed by atoms with E-state index in [9.17, 15) is 5.11 Å². The Hall–Kier alpha value is -0.340. The highest BCUT2D eigenvalue weighted by atomic mass is 16.3. The van der Waals surface area contributed by atoms with Crippen LogP contribution in [0.5, 0.6) is 0 Å². The number of hydrogen-bond donors (Lipinski definition) is 2. The van der Waals surface area contributed by atoms with E-state index in [4.69, 9.17) is 5.11 Å². The van der Waals surface area contributed by atoms with Crippen molar-refractivity contribution in [3.63, 3.8) is 0 Å². The van der Waals surface area contributed by atoms with Crippen LogP contribution in [0.2, 0.25) is 0 Å². The minimum absolute atomic E-state index is 0.240. The molecule has 2 nitrogen and oxygen atoms in total. The molecular weight excluding hydrogens is 152 g/mol. The molecule has 0 bridgehead atoms. The van der Waals surface area contributed by atoms with Gasteiger partial charge in [-0.2, -0.15) is 0 Å². The molecule has 72 valence electrons. The number of rotatable bonds is 6. The van der Waals surface area contributed by atoms with Gasteiger partial charge < -0.3 is 10.2 Å². The second kappa shape index (κ2) is 6.21. The quantitative estimate of drug-likeness (QED) is 0.599. The highest BCUT2D eigenvalue weighted by Crippen LogP contribution is 2.14. The summed E-state index contributed by atoms with van der Waals surface area (Å²) in [6, 6.07) is 0. The Morgan fingerprint density at radius 2 is 1.92 bits per heavy atom. The number of hydrogen-bond acceptors (Lipinski definition) is 2. The van der Waals surface area contributed by atoms with Gasteiger partial charge in [0.2, 0.25) is 0 Å². The molecule has 0 aliphatic carbocycles. The molecule has 0 heterocycles. The summed E-state index contributed by atoms with van der Waals surface area (Å²) in [6.45, 7) is 7.84. The smallest absolute Gasteiger partial charge is 0.0744 e. The van der Waals surface area contributed by atoms with Crippen LogP contribution < -0.4 is 0 Å². The molecule has 0 fully saturated rings. The lowest BCUT2D eigenvalue weighted by Gasteiger charge is -2.13. The van der Waals surface area contributed by atoms with Gasteiger partial charge in [-0.05, 0) is 32.1 Å². The summed E-state index contributed by atoms with van der Waals surface area (Å²) in [5.41, 5.74) is 0.825. The van der Waals surface area contributed by atoms with Crippen molar-refractivity contribution in [2.24, 2.45) is 5.92 Å². The Kier molecular flexibility index (Phi) is 6.03. The minimum atomic E-state index is -0.369. The van der Waals surface area contributed by atoms with Crippen molar-refractivity contribution >= 4 is 0 Å². The average Bonchev–Trinajstić information content (AvgIpc) is 2.00. The van der Waals surface area contributed by atoms with E-state index in [1.165, 1.54) is 0 Å². The summed E-state index contributed by atoms with van der Waals surface area (Å²) >= 11 is 0. The van der Waals surface area contributed by atoms with Crippen LogP contribution in [0.3, 0.4) is 0 Å². The maximum atomic E-state index is 9.38. The first-order valence-electron chi connectivity index (χ1n) is 4.52. The summed E-state index contributed by atoms with van der Waals surface area (Å²) in [6.07, 6.45) is 2.17. The van der Waals surface area contributed by atoms with E-state index in [-0.39, 0.29) is 12.7 Å². The lowest BCUT2D eigenvalue weighted by Crippen LogP contribution is -2.09. The molecule has 2 atom stereocenters. The largest absolute Gasteiger partial charge is 0.396 e. The van der Waals surface area contributed by atoms with Gasteiger partial charge in [-0.3, -0.25) is 0 Å². The van der Waals surface area contributed by atoms with Crippen molar-refractivity contribution in [3.8, 4) is 0 Å². The Balaban J connectivity index is 3.46. The molecule has 0 aliphatic rings. The topological polar surface area (TPSA) is 40.5 Å². The predicted octanol–water partition coefficient (Wildman–Crippen LogP) is 1.72. The van der Waals surface area contributed by atoms with E-state index in [1.54, 1.807) is 0 Å². The Morgan fingerprint density at radius 3 is 2.33 bits per heavy atom. The van der Waals surface area contributed by atoms with Crippen LogP contribution >= 0.6 is 0 Å². The van der Waals surface area contributed by atoms with Crippen LogP contribution in [-0.4, -0.2) is 22.9 Å². The summed E-state index contributed by atoms with van der Waals surface area (Å²) in [7, 11) is 0. The molecule has 0 aromatic rings. The first kappa shape index (κ1) is 11.7. The van der Waals surface area contributed by atoms with Crippen LogP contribution in [0.4, 0.5) is 0 Å². The summed E-state index contributed by atoms with van der Waals surface area (Å²) < 4.78 is 0. The predicted molar refractivity (Wildman–Crippen MR) is 50.9 cm³/mol. The molecule has 0 saturated heterocycles.